The molecule has 0 saturated carbocycles. The molecule has 1 saturated heterocycles. The number of amides is 1. The maximum Gasteiger partial charge on any atom is 0.230 e. The van der Waals surface area contributed by atoms with Crippen LogP contribution in [-0.2, 0) is 22.5 Å². The zero-order chi connectivity index (χ0) is 21.8. The Hall–Kier alpha value is -2.62. The first-order valence-electron chi connectivity index (χ1n) is 10.8. The number of hydrogen-bond donors (Lipinski definition) is 2. The highest BCUT2D eigenvalue weighted by molar-refractivity contribution is 7.99. The van der Waals surface area contributed by atoms with E-state index in [9.17, 15) is 4.79 Å². The zero-order valence-corrected chi connectivity index (χ0v) is 19.3. The Kier molecular flexibility index (Phi) is 6.56. The summed E-state index contributed by atoms with van der Waals surface area (Å²) in [6.45, 7) is 2.12. The molecule has 4 aromatic rings. The van der Waals surface area contributed by atoms with Crippen molar-refractivity contribution < 1.29 is 9.53 Å². The molecule has 1 aromatic carbocycles. The lowest BCUT2D eigenvalue weighted by molar-refractivity contribution is -0.118. The fourth-order valence-corrected chi connectivity index (χ4v) is 5.49. The van der Waals surface area contributed by atoms with Crippen LogP contribution in [0.1, 0.15) is 18.4 Å². The lowest BCUT2D eigenvalue weighted by atomic mass is 10.1. The van der Waals surface area contributed by atoms with Crippen LogP contribution in [0.2, 0.25) is 0 Å². The molecular weight excluding hydrogens is 442 g/mol. The molecule has 5 rings (SSSR count). The van der Waals surface area contributed by atoms with E-state index in [1.165, 1.54) is 22.7 Å². The van der Waals surface area contributed by atoms with Crippen molar-refractivity contribution in [3.8, 4) is 10.7 Å². The Morgan fingerprint density at radius 1 is 1.28 bits per heavy atom. The quantitative estimate of drug-likeness (QED) is 0.362. The summed E-state index contributed by atoms with van der Waals surface area (Å²) >= 11 is 3.07. The summed E-state index contributed by atoms with van der Waals surface area (Å²) in [5.74, 6) is 1.15. The average molecular weight is 468 g/mol. The maximum atomic E-state index is 12.5. The number of rotatable bonds is 9. The second-order valence-electron chi connectivity index (χ2n) is 7.78. The number of benzene rings is 1. The fourth-order valence-electron chi connectivity index (χ4n) is 4.00. The molecule has 0 radical (unpaired) electrons. The number of carbonyl (C=O) groups is 1. The minimum atomic E-state index is -0.000758. The van der Waals surface area contributed by atoms with Crippen LogP contribution in [-0.4, -0.2) is 50.7 Å². The second kappa shape index (κ2) is 9.89. The largest absolute Gasteiger partial charge is 0.376 e. The molecule has 1 amide bonds. The highest BCUT2D eigenvalue weighted by Crippen LogP contribution is 2.29. The third-order valence-electron chi connectivity index (χ3n) is 5.59. The highest BCUT2D eigenvalue weighted by atomic mass is 32.2. The summed E-state index contributed by atoms with van der Waals surface area (Å²) in [5.41, 5.74) is 2.34. The number of nitrogens with one attached hydrogen (secondary N) is 2. The van der Waals surface area contributed by atoms with Gasteiger partial charge in [-0.05, 0) is 42.3 Å². The van der Waals surface area contributed by atoms with Crippen molar-refractivity contribution >= 4 is 39.9 Å². The first kappa shape index (κ1) is 21.2. The number of thiophene rings is 1. The predicted molar refractivity (Wildman–Crippen MR) is 128 cm³/mol. The molecule has 1 fully saturated rings. The lowest BCUT2D eigenvalue weighted by Crippen LogP contribution is -2.27. The number of para-hydroxylation sites is 1. The van der Waals surface area contributed by atoms with Crippen LogP contribution in [0.15, 0.2) is 53.1 Å². The van der Waals surface area contributed by atoms with Crippen molar-refractivity contribution in [1.82, 2.24) is 25.1 Å². The lowest BCUT2D eigenvalue weighted by Gasteiger charge is -2.14. The Morgan fingerprint density at radius 3 is 3.06 bits per heavy atom. The molecule has 0 aliphatic carbocycles. The number of fused-ring (bicyclic) bond motifs is 1. The van der Waals surface area contributed by atoms with Crippen LogP contribution in [0.3, 0.4) is 0 Å². The number of ether oxygens (including phenoxy) is 1. The highest BCUT2D eigenvalue weighted by Gasteiger charge is 2.22. The predicted octanol–water partition coefficient (Wildman–Crippen LogP) is 4.12. The summed E-state index contributed by atoms with van der Waals surface area (Å²) in [6, 6.07) is 12.3. The van der Waals surface area contributed by atoms with Crippen LogP contribution >= 0.6 is 23.1 Å². The van der Waals surface area contributed by atoms with Crippen molar-refractivity contribution in [2.24, 2.45) is 0 Å². The van der Waals surface area contributed by atoms with Gasteiger partial charge in [0.25, 0.3) is 0 Å². The third kappa shape index (κ3) is 4.74. The number of aromatic nitrogens is 4. The third-order valence-corrected chi connectivity index (χ3v) is 7.42. The van der Waals surface area contributed by atoms with Gasteiger partial charge in [-0.2, -0.15) is 0 Å². The maximum absolute atomic E-state index is 12.5. The van der Waals surface area contributed by atoms with Gasteiger partial charge in [0.2, 0.25) is 5.91 Å². The monoisotopic (exact) mass is 467 g/mol. The molecular formula is C23H25N5O2S2. The summed E-state index contributed by atoms with van der Waals surface area (Å²) in [5, 5.41) is 15.8. The van der Waals surface area contributed by atoms with E-state index < -0.39 is 0 Å². The molecule has 9 heteroatoms. The van der Waals surface area contributed by atoms with Gasteiger partial charge >= 0.3 is 0 Å². The molecule has 1 aliphatic rings. The van der Waals surface area contributed by atoms with E-state index in [2.05, 4.69) is 37.2 Å². The molecule has 166 valence electrons. The van der Waals surface area contributed by atoms with E-state index in [4.69, 9.17) is 4.74 Å². The molecule has 1 atom stereocenters. The van der Waals surface area contributed by atoms with Crippen molar-refractivity contribution in [3.63, 3.8) is 0 Å². The van der Waals surface area contributed by atoms with Crippen molar-refractivity contribution in [1.29, 1.82) is 0 Å². The molecule has 2 N–H and O–H groups in total. The van der Waals surface area contributed by atoms with Gasteiger partial charge < -0.3 is 15.0 Å². The van der Waals surface area contributed by atoms with Gasteiger partial charge in [0.15, 0.2) is 11.0 Å². The van der Waals surface area contributed by atoms with Crippen molar-refractivity contribution in [2.75, 3.05) is 18.9 Å². The summed E-state index contributed by atoms with van der Waals surface area (Å²) in [6.07, 6.45) is 5.11. The zero-order valence-electron chi connectivity index (χ0n) is 17.6. The van der Waals surface area contributed by atoms with E-state index in [-0.39, 0.29) is 12.0 Å². The van der Waals surface area contributed by atoms with Crippen LogP contribution in [0.5, 0.6) is 0 Å². The van der Waals surface area contributed by atoms with E-state index in [1.807, 2.05) is 35.8 Å². The normalized spacial score (nSPS) is 16.1. The molecule has 0 unspecified atom stereocenters. The number of thioether (sulfide) groups is 1. The van der Waals surface area contributed by atoms with E-state index in [1.54, 1.807) is 11.3 Å². The van der Waals surface area contributed by atoms with Gasteiger partial charge in [0.1, 0.15) is 0 Å². The standard InChI is InChI=1S/C23H25N5O2S2/c29-21(24-10-9-16-13-25-19-7-2-1-6-18(16)19)15-32-23-27-26-22(20-8-4-12-31-20)28(23)14-17-5-3-11-30-17/h1-2,4,6-8,12-13,17,25H,3,5,9-11,14-15H2,(H,24,29)/t17-/m0/s1. The fraction of sp³-hybridized carbons (Fsp3) is 0.348. The van der Waals surface area contributed by atoms with Gasteiger partial charge in [0.05, 0.1) is 23.3 Å². The van der Waals surface area contributed by atoms with Gasteiger partial charge in [-0.25, -0.2) is 0 Å². The molecule has 1 aliphatic heterocycles. The minimum absolute atomic E-state index is 0.000758. The number of aromatic amines is 1. The first-order chi connectivity index (χ1) is 15.8. The SMILES string of the molecule is O=C(CSc1nnc(-c2cccs2)n1C[C@@H]1CCCO1)NCCc1c[nH]c2ccccc12. The number of H-pyrrole nitrogens is 1. The average Bonchev–Trinajstić information content (AvgIpc) is 3.60. The van der Waals surface area contributed by atoms with E-state index >= 15 is 0 Å². The van der Waals surface area contributed by atoms with Gasteiger partial charge in [-0.15, -0.1) is 21.5 Å². The van der Waals surface area contributed by atoms with Crippen LogP contribution < -0.4 is 5.32 Å². The molecule has 7 nitrogen and oxygen atoms in total. The Balaban J connectivity index is 1.19. The van der Waals surface area contributed by atoms with Crippen molar-refractivity contribution in [3.05, 3.63) is 53.5 Å². The van der Waals surface area contributed by atoms with Gasteiger partial charge in [0, 0.05) is 30.3 Å². The number of carbonyl (C=O) groups excluding carboxylic acids is 1. The molecule has 3 aromatic heterocycles. The van der Waals surface area contributed by atoms with E-state index in [0.29, 0.717) is 18.8 Å². The Bertz CT molecular complexity index is 1180. The van der Waals surface area contributed by atoms with Crippen LogP contribution in [0.4, 0.5) is 0 Å². The number of nitrogens with zero attached hydrogens (tertiary/aromatic N) is 3. The summed E-state index contributed by atoms with van der Waals surface area (Å²) in [7, 11) is 0. The smallest absolute Gasteiger partial charge is 0.230 e. The Morgan fingerprint density at radius 2 is 2.22 bits per heavy atom. The molecule has 32 heavy (non-hydrogen) atoms. The Labute approximate surface area is 194 Å². The topological polar surface area (TPSA) is 84.8 Å². The van der Waals surface area contributed by atoms with E-state index in [0.717, 1.165) is 47.2 Å². The first-order valence-corrected chi connectivity index (χ1v) is 12.7. The minimum Gasteiger partial charge on any atom is -0.376 e. The van der Waals surface area contributed by atoms with Crippen molar-refractivity contribution in [2.45, 2.75) is 37.1 Å². The van der Waals surface area contributed by atoms with Crippen LogP contribution in [0, 0.1) is 0 Å². The molecule has 4 heterocycles. The number of hydrogen-bond acceptors (Lipinski definition) is 6. The summed E-state index contributed by atoms with van der Waals surface area (Å²) in [4.78, 5) is 16.8. The van der Waals surface area contributed by atoms with Crippen LogP contribution in [0.25, 0.3) is 21.6 Å². The van der Waals surface area contributed by atoms with Gasteiger partial charge in [-0.1, -0.05) is 36.0 Å². The second-order valence-corrected chi connectivity index (χ2v) is 9.67. The van der Waals surface area contributed by atoms with Gasteiger partial charge in [-0.3, -0.25) is 9.36 Å². The molecule has 0 spiro atoms. The molecule has 0 bridgehead atoms. The summed E-state index contributed by atoms with van der Waals surface area (Å²) < 4.78 is 7.94.